The summed E-state index contributed by atoms with van der Waals surface area (Å²) in [5, 5.41) is 2.18. The summed E-state index contributed by atoms with van der Waals surface area (Å²) in [6.45, 7) is 0.0245. The van der Waals surface area contributed by atoms with Gasteiger partial charge in [-0.1, -0.05) is 239 Å². The van der Waals surface area contributed by atoms with Crippen molar-refractivity contribution in [3.05, 3.63) is 194 Å². The van der Waals surface area contributed by atoms with Crippen LogP contribution in [0.15, 0.2) is 234 Å². The van der Waals surface area contributed by atoms with E-state index in [0.717, 1.165) is 21.1 Å². The molecule has 0 radical (unpaired) electrons. The third-order valence-corrected chi connectivity index (χ3v) is 17.8. The molecule has 2 nitrogen and oxygen atoms in total. The van der Waals surface area contributed by atoms with Crippen LogP contribution in [0, 0.1) is 0 Å². The van der Waals surface area contributed by atoms with Crippen LogP contribution < -0.4 is 32.8 Å². The minimum atomic E-state index is 0.0123. The predicted octanol–water partition coefficient (Wildman–Crippen LogP) is 11.2. The fourth-order valence-electron chi connectivity index (χ4n) is 10.2. The first-order valence-corrected chi connectivity index (χ1v) is 24.9. The van der Waals surface area contributed by atoms with Crippen LogP contribution >= 0.6 is 47.0 Å². The van der Waals surface area contributed by atoms with Crippen LogP contribution in [-0.2, 0) is 0 Å². The van der Waals surface area contributed by atoms with Crippen molar-refractivity contribution in [2.75, 3.05) is 0 Å². The Bertz CT molecular complexity index is 3230. The Hall–Kier alpha value is -6.15. The van der Waals surface area contributed by atoms with Crippen molar-refractivity contribution in [3.8, 4) is 44.5 Å². The average Bonchev–Trinajstić information content (AvgIpc) is 3.37. The van der Waals surface area contributed by atoms with E-state index in [4.69, 9.17) is 9.97 Å². The van der Waals surface area contributed by atoms with Crippen molar-refractivity contribution in [1.82, 2.24) is 9.97 Å². The molecule has 0 spiro atoms. The average molecular weight is 883 g/mol. The zero-order valence-corrected chi connectivity index (χ0v) is 37.4. The molecule has 0 bridgehead atoms. The monoisotopic (exact) mass is 882 g/mol. The first-order chi connectivity index (χ1) is 31.7. The Morgan fingerprint density at radius 2 is 0.562 bits per heavy atom. The number of benzene rings is 8. The quantitative estimate of drug-likeness (QED) is 0.163. The first kappa shape index (κ1) is 37.2. The minimum Gasteiger partial charge on any atom is -0.239 e. The number of hydrogen-bond donors (Lipinski definition) is 0. The highest BCUT2D eigenvalue weighted by molar-refractivity contribution is 8.02. The van der Waals surface area contributed by atoms with E-state index in [1.807, 2.05) is 47.0 Å². The maximum Gasteiger partial charge on any atom is 0.249 e. The van der Waals surface area contributed by atoms with E-state index in [0.29, 0.717) is 0 Å². The number of pyridine rings is 2. The molecule has 0 fully saturated rings. The summed E-state index contributed by atoms with van der Waals surface area (Å²) in [6.07, 6.45) is 0. The van der Waals surface area contributed by atoms with E-state index < -0.39 is 0 Å². The number of nitrogens with zero attached hydrogens (tertiary/aromatic N) is 2. The van der Waals surface area contributed by atoms with E-state index in [2.05, 4.69) is 194 Å². The molecule has 0 aliphatic carbocycles. The number of rotatable bonds is 4. The van der Waals surface area contributed by atoms with E-state index in [9.17, 15) is 0 Å². The molecule has 296 valence electrons. The Labute approximate surface area is 389 Å². The van der Waals surface area contributed by atoms with Gasteiger partial charge in [0, 0.05) is 29.4 Å². The SMILES string of the molecule is c1ccc(-c2ccc3c(c2)B2c4cc(-c5ccccc5)ccc4Sc4c2c(nc2c5c6c(nc42)Sc2ccc(-c4ccccc4)cc2B6c2cc(-c4ccccc4)ccc2S5)S3)cc1. The molecule has 0 saturated carbocycles. The third kappa shape index (κ3) is 5.82. The van der Waals surface area contributed by atoms with Crippen LogP contribution in [0.2, 0.25) is 0 Å². The van der Waals surface area contributed by atoms with E-state index in [1.54, 1.807) is 0 Å². The van der Waals surface area contributed by atoms with Gasteiger partial charge in [-0.25, -0.2) is 9.97 Å². The lowest BCUT2D eigenvalue weighted by Gasteiger charge is -2.36. The lowest BCUT2D eigenvalue weighted by molar-refractivity contribution is 1.09. The summed E-state index contributed by atoms with van der Waals surface area (Å²) in [5.41, 5.74) is 19.8. The normalized spacial score (nSPS) is 13.6. The van der Waals surface area contributed by atoms with Crippen LogP contribution in [0.25, 0.3) is 55.5 Å². The number of aromatic nitrogens is 2. The van der Waals surface area contributed by atoms with Crippen molar-refractivity contribution in [3.63, 3.8) is 0 Å². The molecule has 0 atom stereocenters. The third-order valence-electron chi connectivity index (χ3n) is 13.2. The van der Waals surface area contributed by atoms with E-state index in [-0.39, 0.29) is 13.4 Å². The number of hydrogen-bond acceptors (Lipinski definition) is 6. The maximum absolute atomic E-state index is 5.81. The molecule has 64 heavy (non-hydrogen) atoms. The summed E-state index contributed by atoms with van der Waals surface area (Å²) in [6, 6.07) is 71.4. The zero-order valence-electron chi connectivity index (χ0n) is 34.2. The second-order valence-corrected chi connectivity index (χ2v) is 20.9. The van der Waals surface area contributed by atoms with Crippen molar-refractivity contribution < 1.29 is 0 Å². The molecule has 8 heteroatoms. The van der Waals surface area contributed by atoms with Gasteiger partial charge >= 0.3 is 0 Å². The fourth-order valence-corrected chi connectivity index (χ4v) is 14.9. The zero-order chi connectivity index (χ0) is 41.9. The molecule has 4 aliphatic heterocycles. The van der Waals surface area contributed by atoms with Gasteiger partial charge in [-0.05, 0) is 79.7 Å². The summed E-state index contributed by atoms with van der Waals surface area (Å²) in [7, 11) is 0. The summed E-state index contributed by atoms with van der Waals surface area (Å²) in [5.74, 6) is 0. The van der Waals surface area contributed by atoms with E-state index >= 15 is 0 Å². The standard InChI is InChI=1S/C56H32B2N2S4/c1-5-13-33(14-6-1)37-21-25-45-41(29-37)57-43-31-39(35-17-9-3-10-18-35)23-27-47(43)63-55-49(57)53(61-45)51-52(59-55)54-50-56(60-51)64-48-28-24-40(36-19-11-4-12-20-36)32-44(48)58(50)42-30-38(22-26-46(42)62-54)34-15-7-2-8-16-34/h1-32H. The molecule has 2 aromatic heterocycles. The van der Waals surface area contributed by atoms with Gasteiger partial charge in [-0.3, -0.25) is 0 Å². The van der Waals surface area contributed by atoms with Crippen LogP contribution in [0.5, 0.6) is 0 Å². The molecule has 0 unspecified atom stereocenters. The molecule has 10 aromatic rings. The Morgan fingerprint density at radius 1 is 0.281 bits per heavy atom. The smallest absolute Gasteiger partial charge is 0.239 e. The number of fused-ring (bicyclic) bond motifs is 11. The molecule has 0 saturated heterocycles. The van der Waals surface area contributed by atoms with Gasteiger partial charge in [0.2, 0.25) is 13.4 Å². The highest BCUT2D eigenvalue weighted by atomic mass is 32.2. The van der Waals surface area contributed by atoms with Gasteiger partial charge in [0.25, 0.3) is 0 Å². The first-order valence-electron chi connectivity index (χ1n) is 21.6. The van der Waals surface area contributed by atoms with Gasteiger partial charge in [-0.2, -0.15) is 0 Å². The maximum atomic E-state index is 5.81. The second kappa shape index (κ2) is 14.7. The molecule has 4 aliphatic rings. The summed E-state index contributed by atoms with van der Waals surface area (Å²) in [4.78, 5) is 19.2. The van der Waals surface area contributed by atoms with Crippen LogP contribution in [0.4, 0.5) is 0 Å². The van der Waals surface area contributed by atoms with Crippen molar-refractivity contribution in [2.24, 2.45) is 0 Å². The van der Waals surface area contributed by atoms with Gasteiger partial charge in [0.1, 0.15) is 11.0 Å². The highest BCUT2D eigenvalue weighted by Gasteiger charge is 2.44. The topological polar surface area (TPSA) is 25.8 Å². The molecule has 6 heterocycles. The summed E-state index contributed by atoms with van der Waals surface area (Å²) < 4.78 is 0. The van der Waals surface area contributed by atoms with Gasteiger partial charge in [0.15, 0.2) is 0 Å². The van der Waals surface area contributed by atoms with Crippen molar-refractivity contribution in [2.45, 2.75) is 39.4 Å². The Morgan fingerprint density at radius 3 is 0.859 bits per heavy atom. The molecule has 14 rings (SSSR count). The van der Waals surface area contributed by atoms with Crippen molar-refractivity contribution >= 4 is 104 Å². The minimum absolute atomic E-state index is 0.0123. The van der Waals surface area contributed by atoms with Crippen molar-refractivity contribution in [1.29, 1.82) is 0 Å². The highest BCUT2D eigenvalue weighted by Crippen LogP contribution is 2.47. The molecule has 8 aromatic carbocycles. The Kier molecular flexibility index (Phi) is 8.55. The lowest BCUT2D eigenvalue weighted by Crippen LogP contribution is -2.59. The second-order valence-electron chi connectivity index (χ2n) is 16.8. The van der Waals surface area contributed by atoms with E-state index in [1.165, 1.54) is 107 Å². The summed E-state index contributed by atoms with van der Waals surface area (Å²) >= 11 is 7.42. The largest absolute Gasteiger partial charge is 0.249 e. The lowest BCUT2D eigenvalue weighted by atomic mass is 9.36. The molecule has 0 amide bonds. The predicted molar refractivity (Wildman–Crippen MR) is 273 cm³/mol. The molecular weight excluding hydrogens is 851 g/mol. The van der Waals surface area contributed by atoms with Gasteiger partial charge in [0.05, 0.1) is 10.1 Å². The fraction of sp³-hybridized carbons (Fsp3) is 0. The molecular formula is C56H32B2N2S4. The Balaban J connectivity index is 1.01. The molecule has 0 N–H and O–H groups in total. The van der Waals surface area contributed by atoms with Crippen LogP contribution in [0.3, 0.4) is 0 Å². The van der Waals surface area contributed by atoms with Crippen LogP contribution in [0.1, 0.15) is 0 Å². The van der Waals surface area contributed by atoms with Gasteiger partial charge in [-0.15, -0.1) is 0 Å². The van der Waals surface area contributed by atoms with Gasteiger partial charge < -0.3 is 0 Å². The van der Waals surface area contributed by atoms with Crippen LogP contribution in [-0.4, -0.2) is 23.4 Å².